The molecule has 0 radical (unpaired) electrons. The second-order valence-electron chi connectivity index (χ2n) is 7.59. The van der Waals surface area contributed by atoms with E-state index in [1.165, 1.54) is 48.8 Å². The van der Waals surface area contributed by atoms with Crippen molar-refractivity contribution in [3.8, 4) is 18.2 Å². The first-order chi connectivity index (χ1) is 16.4. The Labute approximate surface area is 199 Å². The number of oxazole rings is 1. The number of hydrogen-bond acceptors (Lipinski definition) is 8. The van der Waals surface area contributed by atoms with Gasteiger partial charge in [-0.05, 0) is 43.0 Å². The summed E-state index contributed by atoms with van der Waals surface area (Å²) in [7, 11) is 0. The zero-order chi connectivity index (χ0) is 24.1. The predicted octanol–water partition coefficient (Wildman–Crippen LogP) is 4.57. The highest BCUT2D eigenvalue weighted by Gasteiger charge is 2.48. The van der Waals surface area contributed by atoms with E-state index in [9.17, 15) is 8.78 Å². The molecule has 34 heavy (non-hydrogen) atoms. The molecule has 3 atom stereocenters. The van der Waals surface area contributed by atoms with Crippen molar-refractivity contribution in [2.45, 2.75) is 24.6 Å². The van der Waals surface area contributed by atoms with Crippen LogP contribution in [0.2, 0.25) is 0 Å². The summed E-state index contributed by atoms with van der Waals surface area (Å²) in [6, 6.07) is 4.11. The van der Waals surface area contributed by atoms with Crippen LogP contribution in [-0.4, -0.2) is 32.0 Å². The number of amidine groups is 1. The summed E-state index contributed by atoms with van der Waals surface area (Å²) in [4.78, 5) is 16.0. The van der Waals surface area contributed by atoms with Crippen LogP contribution in [0.1, 0.15) is 35.0 Å². The molecule has 1 saturated carbocycles. The summed E-state index contributed by atoms with van der Waals surface area (Å²) in [5.74, 6) is 2.68. The third-order valence-electron chi connectivity index (χ3n) is 5.09. The summed E-state index contributed by atoms with van der Waals surface area (Å²) in [5, 5.41) is 0.862. The van der Waals surface area contributed by atoms with Crippen LogP contribution in [0.5, 0.6) is 5.88 Å². The molecule has 3 heterocycles. The van der Waals surface area contributed by atoms with Crippen molar-refractivity contribution in [3.05, 3.63) is 71.6 Å². The molecule has 0 amide bonds. The van der Waals surface area contributed by atoms with Gasteiger partial charge in [0.25, 0.3) is 0 Å². The zero-order valence-corrected chi connectivity index (χ0v) is 19.0. The van der Waals surface area contributed by atoms with Gasteiger partial charge in [-0.3, -0.25) is 4.99 Å². The maximum atomic E-state index is 14.6. The Hall–Kier alpha value is -3.71. The van der Waals surface area contributed by atoms with Crippen LogP contribution < -0.4 is 10.5 Å². The Balaban J connectivity index is 0.000000398. The Bertz CT molecular complexity index is 1240. The minimum absolute atomic E-state index is 0.0394. The van der Waals surface area contributed by atoms with E-state index in [1.54, 1.807) is 12.3 Å². The lowest BCUT2D eigenvalue weighted by Gasteiger charge is -2.19. The van der Waals surface area contributed by atoms with Crippen LogP contribution in [0.25, 0.3) is 11.9 Å². The van der Waals surface area contributed by atoms with E-state index in [4.69, 9.17) is 21.3 Å². The summed E-state index contributed by atoms with van der Waals surface area (Å²) in [6.07, 6.45) is 13.0. The second-order valence-corrected chi connectivity index (χ2v) is 8.85. The lowest BCUT2D eigenvalue weighted by molar-refractivity contribution is 0.353. The molecule has 1 aliphatic heterocycles. The smallest absolute Gasteiger partial charge is 0.233 e. The van der Waals surface area contributed by atoms with Crippen molar-refractivity contribution in [1.82, 2.24) is 15.0 Å². The molecule has 1 aromatic carbocycles. The van der Waals surface area contributed by atoms with E-state index in [1.807, 2.05) is 6.92 Å². The standard InChI is InChI=1S/C20H16F2N4OS.C4H5NO/c1-2-5-27-18-10-24-16(9-25-18)15(22)7-11-3-4-14(21)12(6-11)19-13-8-17(13)28-20(23)26-19;1-4-2-5-3-6-4/h1,3-4,6-7,9-10,13,17,19H,5,8H2,(H2,23,26);2-3H,1H3/b15-7-;. The molecule has 2 aromatic heterocycles. The number of ether oxygens (including phenoxy) is 1. The van der Waals surface area contributed by atoms with Gasteiger partial charge in [-0.25, -0.2) is 23.7 Å². The number of benzene rings is 1. The van der Waals surface area contributed by atoms with Crippen LogP contribution in [0.15, 0.2) is 52.6 Å². The van der Waals surface area contributed by atoms with Gasteiger partial charge in [-0.1, -0.05) is 23.7 Å². The Morgan fingerprint density at radius 3 is 2.85 bits per heavy atom. The molecular formula is C24H21F2N5O2S. The number of terminal acetylenes is 1. The average molecular weight is 482 g/mol. The normalized spacial score (nSPS) is 20.8. The molecule has 0 spiro atoms. The van der Waals surface area contributed by atoms with E-state index < -0.39 is 5.83 Å². The molecule has 10 heteroatoms. The van der Waals surface area contributed by atoms with Gasteiger partial charge in [0.2, 0.25) is 5.88 Å². The molecule has 7 nitrogen and oxygen atoms in total. The minimum atomic E-state index is -0.597. The van der Waals surface area contributed by atoms with Gasteiger partial charge in [-0.2, -0.15) is 0 Å². The summed E-state index contributed by atoms with van der Waals surface area (Å²) < 4.78 is 38.8. The van der Waals surface area contributed by atoms with E-state index in [-0.39, 0.29) is 36.0 Å². The number of rotatable bonds is 5. The maximum Gasteiger partial charge on any atom is 0.233 e. The maximum absolute atomic E-state index is 14.6. The fourth-order valence-corrected chi connectivity index (χ4v) is 4.51. The molecule has 2 aliphatic rings. The molecule has 2 N–H and O–H groups in total. The van der Waals surface area contributed by atoms with Gasteiger partial charge in [0.15, 0.2) is 24.0 Å². The number of aliphatic imine (C=N–C) groups is 1. The van der Waals surface area contributed by atoms with E-state index in [2.05, 4.69) is 25.9 Å². The molecule has 1 aliphatic carbocycles. The van der Waals surface area contributed by atoms with Gasteiger partial charge >= 0.3 is 0 Å². The van der Waals surface area contributed by atoms with Crippen LogP contribution in [0, 0.1) is 31.0 Å². The number of halogens is 2. The van der Waals surface area contributed by atoms with Crippen LogP contribution >= 0.6 is 11.8 Å². The molecule has 0 saturated heterocycles. The molecular weight excluding hydrogens is 460 g/mol. The lowest BCUT2D eigenvalue weighted by Crippen LogP contribution is -2.17. The number of fused-ring (bicyclic) bond motifs is 1. The van der Waals surface area contributed by atoms with Crippen molar-refractivity contribution in [3.63, 3.8) is 0 Å². The lowest BCUT2D eigenvalue weighted by atomic mass is 9.99. The number of nitrogens with two attached hydrogens (primary N) is 1. The highest BCUT2D eigenvalue weighted by molar-refractivity contribution is 8.14. The SMILES string of the molecule is C#CCOc1cnc(/C(F)=C/c2ccc(F)c(C3N=C(N)SC4CC43)c2)cn1.Cc1cnco1. The molecule has 3 unspecified atom stereocenters. The summed E-state index contributed by atoms with van der Waals surface area (Å²) in [5.41, 5.74) is 6.83. The van der Waals surface area contributed by atoms with Gasteiger partial charge in [0.1, 0.15) is 17.3 Å². The monoisotopic (exact) mass is 481 g/mol. The van der Waals surface area contributed by atoms with Crippen molar-refractivity contribution in [1.29, 1.82) is 0 Å². The van der Waals surface area contributed by atoms with E-state index in [0.717, 1.165) is 12.2 Å². The molecule has 1 fully saturated rings. The zero-order valence-electron chi connectivity index (χ0n) is 18.2. The molecule has 3 aromatic rings. The predicted molar refractivity (Wildman–Crippen MR) is 127 cm³/mol. The first-order valence-corrected chi connectivity index (χ1v) is 11.2. The second kappa shape index (κ2) is 10.5. The van der Waals surface area contributed by atoms with E-state index in [0.29, 0.717) is 21.5 Å². The van der Waals surface area contributed by atoms with Crippen molar-refractivity contribution in [2.24, 2.45) is 16.6 Å². The third kappa shape index (κ3) is 5.80. The van der Waals surface area contributed by atoms with Crippen LogP contribution in [0.4, 0.5) is 8.78 Å². The number of aromatic nitrogens is 3. The largest absolute Gasteiger partial charge is 0.463 e. The number of hydrogen-bond donors (Lipinski definition) is 1. The van der Waals surface area contributed by atoms with Crippen molar-refractivity contribution in [2.75, 3.05) is 6.61 Å². The first kappa shape index (κ1) is 23.4. The molecule has 174 valence electrons. The molecule has 0 bridgehead atoms. The Kier molecular flexibility index (Phi) is 7.23. The highest BCUT2D eigenvalue weighted by atomic mass is 32.2. The summed E-state index contributed by atoms with van der Waals surface area (Å²) in [6.45, 7) is 1.91. The van der Waals surface area contributed by atoms with Gasteiger partial charge in [-0.15, -0.1) is 6.42 Å². The van der Waals surface area contributed by atoms with Crippen LogP contribution in [-0.2, 0) is 0 Å². The Morgan fingerprint density at radius 2 is 2.21 bits per heavy atom. The van der Waals surface area contributed by atoms with Gasteiger partial charge < -0.3 is 14.9 Å². The van der Waals surface area contributed by atoms with Gasteiger partial charge in [0, 0.05) is 10.8 Å². The van der Waals surface area contributed by atoms with Crippen molar-refractivity contribution < 1.29 is 17.9 Å². The number of thioether (sulfide) groups is 1. The fraction of sp³-hybridized carbons (Fsp3) is 0.250. The minimum Gasteiger partial charge on any atom is -0.463 e. The Morgan fingerprint density at radius 1 is 1.35 bits per heavy atom. The van der Waals surface area contributed by atoms with Crippen molar-refractivity contribution >= 4 is 28.8 Å². The third-order valence-corrected chi connectivity index (χ3v) is 6.28. The molecule has 5 rings (SSSR count). The van der Waals surface area contributed by atoms with Crippen LogP contribution in [0.3, 0.4) is 0 Å². The van der Waals surface area contributed by atoms with E-state index >= 15 is 0 Å². The quantitative estimate of drug-likeness (QED) is 0.533. The highest BCUT2D eigenvalue weighted by Crippen LogP contribution is 2.54. The average Bonchev–Trinajstić information content (AvgIpc) is 3.46. The first-order valence-electron chi connectivity index (χ1n) is 10.3. The number of nitrogens with zero attached hydrogens (tertiary/aromatic N) is 4. The topological polar surface area (TPSA) is 99.4 Å². The van der Waals surface area contributed by atoms with Gasteiger partial charge in [0.05, 0.1) is 24.6 Å². The fourth-order valence-electron chi connectivity index (χ4n) is 3.38. The number of aryl methyl sites for hydroxylation is 1. The summed E-state index contributed by atoms with van der Waals surface area (Å²) >= 11 is 1.53.